The van der Waals surface area contributed by atoms with Gasteiger partial charge >= 0.3 is 6.18 Å². The SMILES string of the molecule is COc1cc(C(=O)NC[C@@](O)(c2cc3c(c(-c4ccc(F)cc4)n2)OC[C@]3(N)C2CC2)C(F)(F)F)ccc1OC[C@@H](C)O. The quantitative estimate of drug-likeness (QED) is 0.257. The lowest BCUT2D eigenvalue weighted by Crippen LogP contribution is -2.52. The standard InChI is InChI=1S/C30H31F4N3O6/c1-16(38)13-42-22-10-5-18(11-23(22)41-2)27(39)36-14-29(40,30(32,33)34)24-12-21-26(43-15-28(21,35)19-6-7-19)25(37-24)17-3-8-20(31)9-4-17/h3-5,8-12,16,19,38,40H,6-7,13-15,35H2,1-2H3,(H,36,39)/t16-,28+,29-/m1/s1. The van der Waals surface area contributed by atoms with Crippen molar-refractivity contribution in [3.8, 4) is 28.5 Å². The van der Waals surface area contributed by atoms with Crippen molar-refractivity contribution in [1.82, 2.24) is 10.3 Å². The van der Waals surface area contributed by atoms with Gasteiger partial charge in [-0.3, -0.25) is 4.79 Å². The number of aliphatic hydroxyl groups is 2. The molecule has 0 bridgehead atoms. The van der Waals surface area contributed by atoms with Crippen molar-refractivity contribution in [3.63, 3.8) is 0 Å². The van der Waals surface area contributed by atoms with Crippen LogP contribution in [-0.4, -0.2) is 60.3 Å². The Labute approximate surface area is 244 Å². The van der Waals surface area contributed by atoms with Gasteiger partial charge in [0.25, 0.3) is 5.91 Å². The second kappa shape index (κ2) is 11.3. The fraction of sp³-hybridized carbons (Fsp3) is 0.400. The fourth-order valence-electron chi connectivity index (χ4n) is 5.03. The van der Waals surface area contributed by atoms with Crippen LogP contribution in [0.4, 0.5) is 17.6 Å². The van der Waals surface area contributed by atoms with E-state index >= 15 is 0 Å². The molecule has 0 spiro atoms. The molecule has 1 aromatic heterocycles. The number of carbonyl (C=O) groups is 1. The number of nitrogens with one attached hydrogen (secondary N) is 1. The number of hydrogen-bond acceptors (Lipinski definition) is 8. The third kappa shape index (κ3) is 5.84. The number of nitrogens with zero attached hydrogens (tertiary/aromatic N) is 1. The van der Waals surface area contributed by atoms with Gasteiger partial charge in [-0.1, -0.05) is 0 Å². The fourth-order valence-corrected chi connectivity index (χ4v) is 5.03. The molecular weight excluding hydrogens is 574 g/mol. The topological polar surface area (TPSA) is 136 Å². The maximum atomic E-state index is 14.7. The number of aliphatic hydroxyl groups excluding tert-OH is 1. The highest BCUT2D eigenvalue weighted by Gasteiger charge is 2.58. The molecule has 1 aliphatic heterocycles. The molecule has 5 N–H and O–H groups in total. The van der Waals surface area contributed by atoms with Gasteiger partial charge in [0.2, 0.25) is 5.60 Å². The first kappa shape index (κ1) is 30.5. The van der Waals surface area contributed by atoms with Gasteiger partial charge in [0.15, 0.2) is 17.2 Å². The first-order valence-electron chi connectivity index (χ1n) is 13.6. The minimum absolute atomic E-state index is 0.00622. The number of rotatable bonds is 10. The van der Waals surface area contributed by atoms with Gasteiger partial charge in [-0.2, -0.15) is 13.2 Å². The van der Waals surface area contributed by atoms with Gasteiger partial charge in [-0.05, 0) is 74.2 Å². The predicted octanol–water partition coefficient (Wildman–Crippen LogP) is 3.79. The molecule has 3 aromatic rings. The number of nitrogens with two attached hydrogens (primary N) is 1. The molecule has 1 amide bonds. The molecule has 43 heavy (non-hydrogen) atoms. The van der Waals surface area contributed by atoms with E-state index in [2.05, 4.69) is 10.3 Å². The molecule has 13 heteroatoms. The molecule has 1 aliphatic carbocycles. The van der Waals surface area contributed by atoms with Crippen molar-refractivity contribution in [2.24, 2.45) is 11.7 Å². The molecule has 0 saturated heterocycles. The number of halogens is 4. The van der Waals surface area contributed by atoms with Gasteiger partial charge in [0.1, 0.15) is 24.7 Å². The molecule has 1 saturated carbocycles. The first-order chi connectivity index (χ1) is 20.3. The van der Waals surface area contributed by atoms with Crippen LogP contribution in [0.2, 0.25) is 0 Å². The first-order valence-corrected chi connectivity index (χ1v) is 13.6. The molecule has 0 unspecified atom stereocenters. The van der Waals surface area contributed by atoms with Gasteiger partial charge in [-0.25, -0.2) is 9.37 Å². The van der Waals surface area contributed by atoms with Crippen LogP contribution in [0.5, 0.6) is 17.2 Å². The Morgan fingerprint density at radius 2 is 1.88 bits per heavy atom. The second-order valence-corrected chi connectivity index (χ2v) is 10.9. The highest BCUT2D eigenvalue weighted by molar-refractivity contribution is 5.95. The summed E-state index contributed by atoms with van der Waals surface area (Å²) < 4.78 is 74.1. The van der Waals surface area contributed by atoms with E-state index in [1.54, 1.807) is 0 Å². The van der Waals surface area contributed by atoms with E-state index < -0.39 is 47.4 Å². The Morgan fingerprint density at radius 3 is 2.49 bits per heavy atom. The average molecular weight is 606 g/mol. The normalized spacial score (nSPS) is 20.0. The molecule has 2 aliphatic rings. The number of methoxy groups -OCH3 is 1. The number of pyridine rings is 1. The number of amides is 1. The smallest absolute Gasteiger partial charge is 0.424 e. The molecule has 230 valence electrons. The Morgan fingerprint density at radius 1 is 1.19 bits per heavy atom. The number of ether oxygens (including phenoxy) is 3. The number of fused-ring (bicyclic) bond motifs is 1. The van der Waals surface area contributed by atoms with Gasteiger partial charge < -0.3 is 35.5 Å². The number of hydrogen-bond donors (Lipinski definition) is 4. The Balaban J connectivity index is 1.50. The molecule has 3 atom stereocenters. The van der Waals surface area contributed by atoms with Crippen LogP contribution in [0, 0.1) is 11.7 Å². The largest absolute Gasteiger partial charge is 0.493 e. The highest BCUT2D eigenvalue weighted by atomic mass is 19.4. The van der Waals surface area contributed by atoms with Crippen LogP contribution in [0.1, 0.15) is 41.4 Å². The van der Waals surface area contributed by atoms with Crippen molar-refractivity contribution < 1.29 is 46.8 Å². The lowest BCUT2D eigenvalue weighted by Gasteiger charge is -2.32. The Bertz CT molecular complexity index is 1510. The summed E-state index contributed by atoms with van der Waals surface area (Å²) >= 11 is 0. The summed E-state index contributed by atoms with van der Waals surface area (Å²) in [5.74, 6) is -1.03. The van der Waals surface area contributed by atoms with Gasteiger partial charge in [-0.15, -0.1) is 0 Å². The zero-order valence-electron chi connectivity index (χ0n) is 23.4. The summed E-state index contributed by atoms with van der Waals surface area (Å²) in [6, 6.07) is 9.98. The minimum Gasteiger partial charge on any atom is -0.493 e. The van der Waals surface area contributed by atoms with E-state index in [1.807, 2.05) is 0 Å². The maximum Gasteiger partial charge on any atom is 0.424 e. The van der Waals surface area contributed by atoms with E-state index in [4.69, 9.17) is 19.9 Å². The number of benzene rings is 2. The van der Waals surface area contributed by atoms with Gasteiger partial charge in [0.05, 0.1) is 31.0 Å². The average Bonchev–Trinajstić information content (AvgIpc) is 3.78. The van der Waals surface area contributed by atoms with Crippen LogP contribution in [-0.2, 0) is 11.1 Å². The summed E-state index contributed by atoms with van der Waals surface area (Å²) in [5, 5.41) is 22.8. The lowest BCUT2D eigenvalue weighted by atomic mass is 9.85. The monoisotopic (exact) mass is 605 g/mol. The van der Waals surface area contributed by atoms with Crippen molar-refractivity contribution in [2.75, 3.05) is 26.9 Å². The van der Waals surface area contributed by atoms with E-state index in [-0.39, 0.29) is 58.8 Å². The van der Waals surface area contributed by atoms with Crippen molar-refractivity contribution in [2.45, 2.75) is 43.2 Å². The molecular formula is C30H31F4N3O6. The summed E-state index contributed by atoms with van der Waals surface area (Å²) in [6.45, 7) is 0.186. The summed E-state index contributed by atoms with van der Waals surface area (Å²) in [4.78, 5) is 17.2. The summed E-state index contributed by atoms with van der Waals surface area (Å²) in [7, 11) is 1.32. The summed E-state index contributed by atoms with van der Waals surface area (Å²) in [6.07, 6.45) is -4.54. The van der Waals surface area contributed by atoms with E-state index in [0.29, 0.717) is 0 Å². The number of aromatic nitrogens is 1. The number of carbonyl (C=O) groups excluding carboxylic acids is 1. The zero-order valence-corrected chi connectivity index (χ0v) is 23.4. The lowest BCUT2D eigenvalue weighted by molar-refractivity contribution is -0.265. The predicted molar refractivity (Wildman–Crippen MR) is 146 cm³/mol. The molecule has 2 heterocycles. The second-order valence-electron chi connectivity index (χ2n) is 10.9. The summed E-state index contributed by atoms with van der Waals surface area (Å²) in [5.41, 5.74) is 1.54. The van der Waals surface area contributed by atoms with Crippen molar-refractivity contribution >= 4 is 5.91 Å². The van der Waals surface area contributed by atoms with E-state index in [9.17, 15) is 32.6 Å². The third-order valence-electron chi connectivity index (χ3n) is 7.66. The molecule has 9 nitrogen and oxygen atoms in total. The van der Waals surface area contributed by atoms with Crippen LogP contribution in [0.15, 0.2) is 48.5 Å². The molecule has 0 radical (unpaired) electrons. The zero-order chi connectivity index (χ0) is 31.2. The molecule has 5 rings (SSSR count). The number of alkyl halides is 3. The van der Waals surface area contributed by atoms with Crippen LogP contribution in [0.3, 0.4) is 0 Å². The molecule has 1 fully saturated rings. The van der Waals surface area contributed by atoms with E-state index in [1.165, 1.54) is 44.4 Å². The third-order valence-corrected chi connectivity index (χ3v) is 7.66. The van der Waals surface area contributed by atoms with Crippen molar-refractivity contribution in [3.05, 3.63) is 71.2 Å². The minimum atomic E-state index is -5.28. The van der Waals surface area contributed by atoms with Crippen molar-refractivity contribution in [1.29, 1.82) is 0 Å². The van der Waals surface area contributed by atoms with Gasteiger partial charge in [0, 0.05) is 16.7 Å². The van der Waals surface area contributed by atoms with Crippen LogP contribution < -0.4 is 25.3 Å². The Kier molecular flexibility index (Phi) is 8.01. The maximum absolute atomic E-state index is 14.7. The Hall–Kier alpha value is -3.94. The highest BCUT2D eigenvalue weighted by Crippen LogP contribution is 2.53. The van der Waals surface area contributed by atoms with Crippen LogP contribution >= 0.6 is 0 Å². The van der Waals surface area contributed by atoms with Crippen LogP contribution in [0.25, 0.3) is 11.3 Å². The molecule has 2 aromatic carbocycles. The van der Waals surface area contributed by atoms with E-state index in [0.717, 1.165) is 31.0 Å².